The van der Waals surface area contributed by atoms with Crippen LogP contribution in [0.5, 0.6) is 0 Å². The Balaban J connectivity index is 2.38. The number of halogens is 1. The minimum absolute atomic E-state index is 0.540. The first-order valence-electron chi connectivity index (χ1n) is 4.66. The Morgan fingerprint density at radius 3 is 2.73 bits per heavy atom. The highest BCUT2D eigenvalue weighted by Gasteiger charge is 2.13. The summed E-state index contributed by atoms with van der Waals surface area (Å²) in [4.78, 5) is 0.959. The van der Waals surface area contributed by atoms with Gasteiger partial charge in [0.25, 0.3) is 0 Å². The van der Waals surface area contributed by atoms with E-state index in [4.69, 9.17) is 11.6 Å². The van der Waals surface area contributed by atoms with E-state index in [0.717, 1.165) is 16.0 Å². The van der Waals surface area contributed by atoms with Crippen molar-refractivity contribution in [1.29, 1.82) is 0 Å². The predicted molar refractivity (Wildman–Crippen MR) is 64.6 cm³/mol. The third kappa shape index (κ3) is 2.23. The Labute approximate surface area is 98.0 Å². The van der Waals surface area contributed by atoms with Gasteiger partial charge in [0.2, 0.25) is 0 Å². The van der Waals surface area contributed by atoms with E-state index < -0.39 is 6.10 Å². The molecule has 3 heteroatoms. The zero-order valence-corrected chi connectivity index (χ0v) is 9.85. The first kappa shape index (κ1) is 10.7. The predicted octanol–water partition coefficient (Wildman–Crippen LogP) is 3.79. The number of aryl methyl sites for hydroxylation is 1. The molecule has 0 aliphatic heterocycles. The normalized spacial score (nSPS) is 12.7. The summed E-state index contributed by atoms with van der Waals surface area (Å²) in [6.45, 7) is 1.96. The number of aliphatic hydroxyl groups excluding tert-OH is 1. The fourth-order valence-corrected chi connectivity index (χ4v) is 2.50. The van der Waals surface area contributed by atoms with Gasteiger partial charge in [0.1, 0.15) is 6.10 Å². The quantitative estimate of drug-likeness (QED) is 0.844. The van der Waals surface area contributed by atoms with E-state index in [0.29, 0.717) is 5.02 Å². The maximum atomic E-state index is 10.1. The Bertz CT molecular complexity index is 451. The van der Waals surface area contributed by atoms with Crippen molar-refractivity contribution in [1.82, 2.24) is 0 Å². The Hall–Kier alpha value is -0.830. The molecule has 0 saturated carbocycles. The van der Waals surface area contributed by atoms with Crippen LogP contribution in [-0.4, -0.2) is 5.11 Å². The summed E-state index contributed by atoms with van der Waals surface area (Å²) in [7, 11) is 0. The molecule has 1 N–H and O–H groups in total. The maximum absolute atomic E-state index is 10.1. The van der Waals surface area contributed by atoms with Gasteiger partial charge in [-0.3, -0.25) is 0 Å². The zero-order chi connectivity index (χ0) is 10.8. The number of benzene rings is 1. The molecule has 0 spiro atoms. The third-order valence-corrected chi connectivity index (χ3v) is 3.50. The summed E-state index contributed by atoms with van der Waals surface area (Å²) < 4.78 is 0. The van der Waals surface area contributed by atoms with Gasteiger partial charge in [-0.2, -0.15) is 0 Å². The van der Waals surface area contributed by atoms with Crippen LogP contribution in [0, 0.1) is 6.92 Å². The molecule has 0 amide bonds. The van der Waals surface area contributed by atoms with Crippen molar-refractivity contribution in [2.24, 2.45) is 0 Å². The van der Waals surface area contributed by atoms with Crippen LogP contribution in [0.4, 0.5) is 0 Å². The fraction of sp³-hybridized carbons (Fsp3) is 0.167. The van der Waals surface area contributed by atoms with Crippen LogP contribution < -0.4 is 0 Å². The Morgan fingerprint density at radius 1 is 1.33 bits per heavy atom. The molecule has 0 saturated heterocycles. The van der Waals surface area contributed by atoms with E-state index in [9.17, 15) is 5.11 Å². The highest BCUT2D eigenvalue weighted by molar-refractivity contribution is 7.10. The van der Waals surface area contributed by atoms with Crippen molar-refractivity contribution in [3.63, 3.8) is 0 Å². The first-order chi connectivity index (χ1) is 7.18. The van der Waals surface area contributed by atoms with Gasteiger partial charge in [0.15, 0.2) is 0 Å². The van der Waals surface area contributed by atoms with Crippen molar-refractivity contribution in [2.75, 3.05) is 0 Å². The molecule has 15 heavy (non-hydrogen) atoms. The summed E-state index contributed by atoms with van der Waals surface area (Å²) in [5.41, 5.74) is 1.94. The average Bonchev–Trinajstić information content (AvgIpc) is 2.69. The summed E-state index contributed by atoms with van der Waals surface area (Å²) in [6, 6.07) is 9.42. The van der Waals surface area contributed by atoms with Crippen LogP contribution in [0.15, 0.2) is 35.7 Å². The molecule has 2 rings (SSSR count). The van der Waals surface area contributed by atoms with Crippen molar-refractivity contribution in [3.05, 3.63) is 56.7 Å². The number of thiophene rings is 1. The van der Waals surface area contributed by atoms with Crippen LogP contribution in [-0.2, 0) is 0 Å². The lowest BCUT2D eigenvalue weighted by molar-refractivity contribution is 0.223. The molecule has 0 fully saturated rings. The zero-order valence-electron chi connectivity index (χ0n) is 8.27. The van der Waals surface area contributed by atoms with Gasteiger partial charge in [-0.25, -0.2) is 0 Å². The standard InChI is InChI=1S/C12H11ClOS/c1-8-7-9(13)4-5-10(8)12(14)11-3-2-6-15-11/h2-7,12,14H,1H3. The van der Waals surface area contributed by atoms with Gasteiger partial charge < -0.3 is 5.11 Å². The van der Waals surface area contributed by atoms with E-state index >= 15 is 0 Å². The van der Waals surface area contributed by atoms with E-state index in [2.05, 4.69) is 0 Å². The molecule has 78 valence electrons. The molecule has 0 aliphatic carbocycles. The number of hydrogen-bond donors (Lipinski definition) is 1. The van der Waals surface area contributed by atoms with Gasteiger partial charge in [0.05, 0.1) is 0 Å². The molecule has 1 aromatic carbocycles. The second-order valence-electron chi connectivity index (χ2n) is 3.42. The lowest BCUT2D eigenvalue weighted by Gasteiger charge is -2.12. The number of rotatable bonds is 2. The fourth-order valence-electron chi connectivity index (χ4n) is 1.55. The molecule has 1 nitrogen and oxygen atoms in total. The molecule has 1 atom stereocenters. The molecular weight excluding hydrogens is 228 g/mol. The van der Waals surface area contributed by atoms with E-state index in [1.54, 1.807) is 17.4 Å². The minimum Gasteiger partial charge on any atom is -0.383 e. The van der Waals surface area contributed by atoms with Gasteiger partial charge >= 0.3 is 0 Å². The molecule has 0 aliphatic rings. The van der Waals surface area contributed by atoms with Crippen LogP contribution in [0.1, 0.15) is 22.1 Å². The highest BCUT2D eigenvalue weighted by Crippen LogP contribution is 2.29. The Morgan fingerprint density at radius 2 is 2.13 bits per heavy atom. The second-order valence-corrected chi connectivity index (χ2v) is 4.83. The number of hydrogen-bond acceptors (Lipinski definition) is 2. The lowest BCUT2D eigenvalue weighted by Crippen LogP contribution is -1.99. The molecule has 1 heterocycles. The molecular formula is C12H11ClOS. The van der Waals surface area contributed by atoms with Crippen molar-refractivity contribution in [3.8, 4) is 0 Å². The van der Waals surface area contributed by atoms with Crippen LogP contribution >= 0.6 is 22.9 Å². The Kier molecular flexibility index (Phi) is 3.10. The van der Waals surface area contributed by atoms with E-state index in [1.165, 1.54) is 0 Å². The monoisotopic (exact) mass is 238 g/mol. The molecule has 1 unspecified atom stereocenters. The van der Waals surface area contributed by atoms with Gasteiger partial charge in [0, 0.05) is 9.90 Å². The van der Waals surface area contributed by atoms with Crippen molar-refractivity contribution >= 4 is 22.9 Å². The van der Waals surface area contributed by atoms with Gasteiger partial charge in [-0.05, 0) is 41.6 Å². The van der Waals surface area contributed by atoms with E-state index in [1.807, 2.05) is 36.6 Å². The molecule has 1 aromatic heterocycles. The second kappa shape index (κ2) is 4.35. The molecule has 0 bridgehead atoms. The summed E-state index contributed by atoms with van der Waals surface area (Å²) in [5.74, 6) is 0. The van der Waals surface area contributed by atoms with Crippen LogP contribution in [0.25, 0.3) is 0 Å². The van der Waals surface area contributed by atoms with E-state index in [-0.39, 0.29) is 0 Å². The first-order valence-corrected chi connectivity index (χ1v) is 5.92. The van der Waals surface area contributed by atoms with Crippen molar-refractivity contribution < 1.29 is 5.11 Å². The smallest absolute Gasteiger partial charge is 0.113 e. The van der Waals surface area contributed by atoms with Gasteiger partial charge in [-0.15, -0.1) is 11.3 Å². The topological polar surface area (TPSA) is 20.2 Å². The van der Waals surface area contributed by atoms with Crippen LogP contribution in [0.2, 0.25) is 5.02 Å². The molecule has 0 radical (unpaired) electrons. The van der Waals surface area contributed by atoms with Gasteiger partial charge in [-0.1, -0.05) is 23.7 Å². The summed E-state index contributed by atoms with van der Waals surface area (Å²) in [5, 5.41) is 12.8. The summed E-state index contributed by atoms with van der Waals surface area (Å²) >= 11 is 7.42. The van der Waals surface area contributed by atoms with Crippen LogP contribution in [0.3, 0.4) is 0 Å². The van der Waals surface area contributed by atoms with Crippen molar-refractivity contribution in [2.45, 2.75) is 13.0 Å². The minimum atomic E-state index is -0.540. The lowest BCUT2D eigenvalue weighted by atomic mass is 10.0. The SMILES string of the molecule is Cc1cc(Cl)ccc1C(O)c1cccs1. The average molecular weight is 239 g/mol. The number of aliphatic hydroxyl groups is 1. The molecule has 2 aromatic rings. The largest absolute Gasteiger partial charge is 0.383 e. The highest BCUT2D eigenvalue weighted by atomic mass is 35.5. The third-order valence-electron chi connectivity index (χ3n) is 2.34. The summed E-state index contributed by atoms with van der Waals surface area (Å²) in [6.07, 6.45) is -0.540. The maximum Gasteiger partial charge on any atom is 0.113 e.